The van der Waals surface area contributed by atoms with Crippen LogP contribution in [-0.2, 0) is 10.1 Å². The predicted octanol–water partition coefficient (Wildman–Crippen LogP) is 4.68. The number of aryl methyl sites for hydroxylation is 2. The zero-order valence-corrected chi connectivity index (χ0v) is 27.1. The molecule has 8 nitrogen and oxygen atoms in total. The number of rotatable bonds is 7. The molecule has 1 unspecified atom stereocenters. The summed E-state index contributed by atoms with van der Waals surface area (Å²) >= 11 is 0. The summed E-state index contributed by atoms with van der Waals surface area (Å²) in [7, 11) is -4.57. The standard InChI is InChI=1S/C34H28N2O6S.Na/c1-20-7-3-6-10-29(20)35-22-11-14-27-31(18-22)42-32-19-23(36-30-16-13-24(17-21(30)2)43(39,40)41)12-15-28(32)33(27)25-8-4-5-9-26(25)34(37)38;/h3-19,33,35-36H,1-2H3,(H,37,38)(H,39,40,41);/q;+1/p-1. The summed E-state index contributed by atoms with van der Waals surface area (Å²) in [6, 6.07) is 30.5. The van der Waals surface area contributed by atoms with Crippen molar-refractivity contribution in [2.45, 2.75) is 24.7 Å². The molecule has 0 saturated heterocycles. The number of hydrogen-bond acceptors (Lipinski definition) is 7. The van der Waals surface area contributed by atoms with Gasteiger partial charge in [-0.25, -0.2) is 13.2 Å². The van der Waals surface area contributed by atoms with E-state index < -0.39 is 22.0 Å². The van der Waals surface area contributed by atoms with Gasteiger partial charge >= 0.3 is 35.5 Å². The van der Waals surface area contributed by atoms with Crippen LogP contribution >= 0.6 is 0 Å². The maximum atomic E-state index is 12.2. The molecule has 1 aliphatic heterocycles. The number of hydrogen-bond donors (Lipinski definition) is 3. The van der Waals surface area contributed by atoms with Gasteiger partial charge in [0.15, 0.2) is 0 Å². The molecule has 5 aromatic rings. The number of aromatic carboxylic acids is 1. The van der Waals surface area contributed by atoms with Crippen LogP contribution in [0.4, 0.5) is 22.7 Å². The van der Waals surface area contributed by atoms with Crippen LogP contribution in [0, 0.1) is 13.8 Å². The quantitative estimate of drug-likeness (QED) is 0.175. The largest absolute Gasteiger partial charge is 1.00 e. The fourth-order valence-corrected chi connectivity index (χ4v) is 5.95. The van der Waals surface area contributed by atoms with E-state index >= 15 is 0 Å². The molecule has 44 heavy (non-hydrogen) atoms. The zero-order chi connectivity index (χ0) is 30.3. The Morgan fingerprint density at radius 2 is 1.30 bits per heavy atom. The molecule has 0 amide bonds. The first-order chi connectivity index (χ1) is 20.6. The van der Waals surface area contributed by atoms with Gasteiger partial charge in [0.1, 0.15) is 21.6 Å². The maximum Gasteiger partial charge on any atom is 1.00 e. The summed E-state index contributed by atoms with van der Waals surface area (Å²) in [6.07, 6.45) is 0. The fourth-order valence-electron chi connectivity index (χ4n) is 5.40. The van der Waals surface area contributed by atoms with Crippen molar-refractivity contribution < 1.29 is 57.2 Å². The molecule has 0 radical (unpaired) electrons. The number of fused-ring (bicyclic) bond motifs is 2. The molecule has 1 aliphatic rings. The van der Waals surface area contributed by atoms with Gasteiger partial charge in [0.2, 0.25) is 0 Å². The summed E-state index contributed by atoms with van der Waals surface area (Å²) in [5, 5.41) is 16.7. The van der Waals surface area contributed by atoms with Crippen LogP contribution in [0.15, 0.2) is 108 Å². The van der Waals surface area contributed by atoms with E-state index in [1.807, 2.05) is 79.7 Å². The first-order valence-corrected chi connectivity index (χ1v) is 14.9. The molecule has 5 aromatic carbocycles. The van der Waals surface area contributed by atoms with E-state index in [4.69, 9.17) is 4.74 Å². The number of carboxylic acid groups (broad SMARTS) is 1. The Bertz CT molecular complexity index is 2010. The molecule has 0 aliphatic carbocycles. The first kappa shape index (κ1) is 31.3. The van der Waals surface area contributed by atoms with Crippen molar-refractivity contribution in [3.05, 3.63) is 137 Å². The second-order valence-electron chi connectivity index (χ2n) is 10.4. The second kappa shape index (κ2) is 12.5. The summed E-state index contributed by atoms with van der Waals surface area (Å²) in [4.78, 5) is 11.9. The smallest absolute Gasteiger partial charge is 0.744 e. The zero-order valence-electron chi connectivity index (χ0n) is 24.3. The average Bonchev–Trinajstić information content (AvgIpc) is 2.97. The maximum absolute atomic E-state index is 12.2. The van der Waals surface area contributed by atoms with Crippen molar-refractivity contribution in [1.29, 1.82) is 0 Å². The van der Waals surface area contributed by atoms with Gasteiger partial charge in [0, 0.05) is 51.9 Å². The molecule has 216 valence electrons. The summed E-state index contributed by atoms with van der Waals surface area (Å²) in [6.45, 7) is 3.74. The Labute approximate surface area is 277 Å². The Kier molecular flexibility index (Phi) is 8.88. The Morgan fingerprint density at radius 3 is 1.86 bits per heavy atom. The van der Waals surface area contributed by atoms with Gasteiger partial charge in [0.05, 0.1) is 10.5 Å². The second-order valence-corrected chi connectivity index (χ2v) is 11.8. The number of anilines is 4. The number of nitrogens with one attached hydrogen (secondary N) is 2. The molecular weight excluding hydrogens is 587 g/mol. The van der Waals surface area contributed by atoms with Gasteiger partial charge in [-0.2, -0.15) is 0 Å². The number of carbonyl (C=O) groups is 1. The van der Waals surface area contributed by atoms with Crippen molar-refractivity contribution in [2.24, 2.45) is 0 Å². The van der Waals surface area contributed by atoms with Crippen LogP contribution in [0.5, 0.6) is 11.5 Å². The van der Waals surface area contributed by atoms with Gasteiger partial charge in [-0.3, -0.25) is 0 Å². The van der Waals surface area contributed by atoms with Gasteiger partial charge in [-0.1, -0.05) is 48.5 Å². The molecule has 0 spiro atoms. The van der Waals surface area contributed by atoms with Gasteiger partial charge < -0.3 is 25.0 Å². The van der Waals surface area contributed by atoms with E-state index in [0.717, 1.165) is 28.1 Å². The predicted molar refractivity (Wildman–Crippen MR) is 164 cm³/mol. The molecule has 1 atom stereocenters. The minimum Gasteiger partial charge on any atom is -0.744 e. The van der Waals surface area contributed by atoms with E-state index in [2.05, 4.69) is 10.6 Å². The van der Waals surface area contributed by atoms with E-state index in [-0.39, 0.29) is 40.0 Å². The number of benzene rings is 5. The normalized spacial score (nSPS) is 13.5. The van der Waals surface area contributed by atoms with Crippen molar-refractivity contribution >= 4 is 38.8 Å². The van der Waals surface area contributed by atoms with Crippen LogP contribution in [0.2, 0.25) is 0 Å². The molecule has 0 saturated carbocycles. The van der Waals surface area contributed by atoms with E-state index in [1.165, 1.54) is 12.1 Å². The molecule has 6 rings (SSSR count). The summed E-state index contributed by atoms with van der Waals surface area (Å²) in [5.74, 6) is -0.280. The Balaban J connectivity index is 0.00000384. The minimum absolute atomic E-state index is 0. The molecule has 10 heteroatoms. The minimum atomic E-state index is -4.57. The summed E-state index contributed by atoms with van der Waals surface area (Å²) in [5.41, 5.74) is 7.24. The monoisotopic (exact) mass is 614 g/mol. The first-order valence-electron chi connectivity index (χ1n) is 13.5. The molecular formula is C34H27N2NaO6S. The SMILES string of the molecule is Cc1ccccc1Nc1ccc2c(c1)Oc1cc(Nc3ccc(S(=O)(=O)[O-])cc3C)ccc1C2c1ccccc1C(=O)O.[Na+]. The van der Waals surface area contributed by atoms with Crippen LogP contribution in [0.3, 0.4) is 0 Å². The van der Waals surface area contributed by atoms with Gasteiger partial charge in [0.25, 0.3) is 0 Å². The van der Waals surface area contributed by atoms with Gasteiger partial charge in [-0.15, -0.1) is 0 Å². The Hall–Kier alpha value is -4.12. The fraction of sp³-hybridized carbons (Fsp3) is 0.0882. The molecule has 0 aromatic heterocycles. The topological polar surface area (TPSA) is 128 Å². The van der Waals surface area contributed by atoms with Crippen LogP contribution in [0.1, 0.15) is 44.1 Å². The van der Waals surface area contributed by atoms with Crippen molar-refractivity contribution in [1.82, 2.24) is 0 Å². The number of carboxylic acids is 1. The summed E-state index contributed by atoms with van der Waals surface area (Å²) < 4.78 is 40.8. The average molecular weight is 615 g/mol. The molecule has 0 fully saturated rings. The van der Waals surface area contributed by atoms with Crippen LogP contribution in [0.25, 0.3) is 0 Å². The van der Waals surface area contributed by atoms with Crippen LogP contribution < -0.4 is 44.9 Å². The van der Waals surface area contributed by atoms with Gasteiger partial charge in [-0.05, 0) is 73.0 Å². The van der Waals surface area contributed by atoms with Crippen molar-refractivity contribution in [3.63, 3.8) is 0 Å². The van der Waals surface area contributed by atoms with E-state index in [9.17, 15) is 22.9 Å². The Morgan fingerprint density at radius 1 is 0.727 bits per heavy atom. The molecule has 0 bridgehead atoms. The van der Waals surface area contributed by atoms with E-state index in [1.54, 1.807) is 25.1 Å². The molecule has 1 heterocycles. The third-order valence-corrected chi connectivity index (χ3v) is 8.39. The van der Waals surface area contributed by atoms with Crippen molar-refractivity contribution in [2.75, 3.05) is 10.6 Å². The third-order valence-electron chi connectivity index (χ3n) is 7.56. The number of para-hydroxylation sites is 1. The van der Waals surface area contributed by atoms with E-state index in [0.29, 0.717) is 34.0 Å². The van der Waals surface area contributed by atoms with Crippen molar-refractivity contribution in [3.8, 4) is 11.5 Å². The number of ether oxygens (including phenoxy) is 1. The van der Waals surface area contributed by atoms with Crippen LogP contribution in [-0.4, -0.2) is 24.0 Å². The molecule has 3 N–H and O–H groups in total. The third kappa shape index (κ3) is 6.24.